The van der Waals surface area contributed by atoms with E-state index in [1.54, 1.807) is 24.3 Å². The number of nitrogens with one attached hydrogen (secondary N) is 2. The van der Waals surface area contributed by atoms with E-state index in [9.17, 15) is 22.8 Å². The predicted molar refractivity (Wildman–Crippen MR) is 141 cm³/mol. The molecule has 39 heavy (non-hydrogen) atoms. The zero-order valence-corrected chi connectivity index (χ0v) is 20.9. The van der Waals surface area contributed by atoms with E-state index in [1.807, 2.05) is 30.3 Å². The first-order valence-electron chi connectivity index (χ1n) is 12.0. The van der Waals surface area contributed by atoms with Crippen LogP contribution in [0.5, 0.6) is 5.75 Å². The van der Waals surface area contributed by atoms with Crippen LogP contribution in [0.25, 0.3) is 17.4 Å². The molecule has 0 aliphatic carbocycles. The van der Waals surface area contributed by atoms with Gasteiger partial charge < -0.3 is 19.8 Å². The topological polar surface area (TPSA) is 80.6 Å². The third kappa shape index (κ3) is 7.38. The molecular formula is C30H25F3N2O4. The number of carbonyl (C=O) groups excluding carboxylic acids is 2. The fraction of sp³-hybridized carbons (Fsp3) is 0.133. The van der Waals surface area contributed by atoms with Crippen molar-refractivity contribution in [2.24, 2.45) is 0 Å². The summed E-state index contributed by atoms with van der Waals surface area (Å²) in [5.74, 6) is -0.168. The Morgan fingerprint density at radius 1 is 0.923 bits per heavy atom. The molecule has 6 nitrogen and oxygen atoms in total. The number of carbonyl (C=O) groups is 2. The van der Waals surface area contributed by atoms with Crippen LogP contribution in [0.15, 0.2) is 101 Å². The maximum absolute atomic E-state index is 13.1. The molecule has 0 aliphatic heterocycles. The summed E-state index contributed by atoms with van der Waals surface area (Å²) in [4.78, 5) is 25.9. The van der Waals surface area contributed by atoms with Crippen LogP contribution >= 0.6 is 0 Å². The number of furan rings is 1. The number of amides is 2. The van der Waals surface area contributed by atoms with Gasteiger partial charge in [-0.15, -0.1) is 0 Å². The third-order valence-electron chi connectivity index (χ3n) is 5.77. The van der Waals surface area contributed by atoms with Gasteiger partial charge >= 0.3 is 6.18 Å². The molecule has 0 aliphatic rings. The summed E-state index contributed by atoms with van der Waals surface area (Å²) in [6.07, 6.45) is -2.59. The molecule has 2 amide bonds. The molecule has 0 unspecified atom stereocenters. The number of benzene rings is 3. The van der Waals surface area contributed by atoms with Crippen LogP contribution in [0, 0.1) is 0 Å². The first kappa shape index (κ1) is 27.3. The second kappa shape index (κ2) is 12.2. The molecule has 0 saturated carbocycles. The van der Waals surface area contributed by atoms with Crippen LogP contribution in [0.4, 0.5) is 13.2 Å². The number of rotatable bonds is 9. The number of halogens is 3. The first-order chi connectivity index (χ1) is 18.7. The molecule has 0 atom stereocenters. The summed E-state index contributed by atoms with van der Waals surface area (Å²) in [6, 6.07) is 23.6. The standard InChI is InChI=1S/C30H25F3N2O4/c1-38-24-12-10-21(11-13-24)28(36)35-26(29(37)34-17-16-20-6-3-2-4-7-20)19-25-14-15-27(39-25)22-8-5-9-23(18-22)30(31,32)33/h2-15,18-19H,16-17H2,1H3,(H,34,37)(H,35,36)/b26-19-. The first-order valence-corrected chi connectivity index (χ1v) is 12.0. The van der Waals surface area contributed by atoms with Crippen molar-refractivity contribution in [3.63, 3.8) is 0 Å². The maximum Gasteiger partial charge on any atom is 0.416 e. The SMILES string of the molecule is COc1ccc(C(=O)N/C(=C\c2ccc(-c3cccc(C(F)(F)F)c3)o2)C(=O)NCCc2ccccc2)cc1. The Hall–Kier alpha value is -4.79. The fourth-order valence-electron chi connectivity index (χ4n) is 3.73. The average Bonchev–Trinajstić information content (AvgIpc) is 3.41. The number of alkyl halides is 3. The van der Waals surface area contributed by atoms with Gasteiger partial charge in [-0.2, -0.15) is 13.2 Å². The minimum atomic E-state index is -4.50. The average molecular weight is 535 g/mol. The molecule has 200 valence electrons. The number of methoxy groups -OCH3 is 1. The largest absolute Gasteiger partial charge is 0.497 e. The molecule has 3 aromatic carbocycles. The summed E-state index contributed by atoms with van der Waals surface area (Å²) in [6.45, 7) is 0.312. The molecule has 0 bridgehead atoms. The Balaban J connectivity index is 1.56. The van der Waals surface area contributed by atoms with Gasteiger partial charge in [-0.05, 0) is 60.5 Å². The Labute approximate surface area is 223 Å². The van der Waals surface area contributed by atoms with E-state index < -0.39 is 23.6 Å². The van der Waals surface area contributed by atoms with Crippen molar-refractivity contribution in [2.75, 3.05) is 13.7 Å². The summed E-state index contributed by atoms with van der Waals surface area (Å²) in [5.41, 5.74) is 0.651. The van der Waals surface area contributed by atoms with Crippen molar-refractivity contribution in [1.82, 2.24) is 10.6 Å². The second-order valence-electron chi connectivity index (χ2n) is 8.51. The lowest BCUT2D eigenvalue weighted by molar-refractivity contribution is -0.137. The van der Waals surface area contributed by atoms with Crippen LogP contribution < -0.4 is 15.4 Å². The van der Waals surface area contributed by atoms with E-state index in [1.165, 1.54) is 37.5 Å². The van der Waals surface area contributed by atoms with Gasteiger partial charge in [-0.25, -0.2) is 0 Å². The lowest BCUT2D eigenvalue weighted by atomic mass is 10.1. The smallest absolute Gasteiger partial charge is 0.416 e. The van der Waals surface area contributed by atoms with E-state index in [4.69, 9.17) is 9.15 Å². The lowest BCUT2D eigenvalue weighted by Crippen LogP contribution is -2.35. The molecule has 9 heteroatoms. The molecule has 1 aromatic heterocycles. The quantitative estimate of drug-likeness (QED) is 0.254. The van der Waals surface area contributed by atoms with Gasteiger partial charge in [0.2, 0.25) is 0 Å². The Morgan fingerprint density at radius 2 is 1.67 bits per heavy atom. The van der Waals surface area contributed by atoms with Crippen molar-refractivity contribution in [3.05, 3.63) is 119 Å². The van der Waals surface area contributed by atoms with E-state index in [0.29, 0.717) is 24.3 Å². The van der Waals surface area contributed by atoms with Gasteiger partial charge in [-0.3, -0.25) is 9.59 Å². The van der Waals surface area contributed by atoms with Crippen molar-refractivity contribution < 1.29 is 31.9 Å². The maximum atomic E-state index is 13.1. The highest BCUT2D eigenvalue weighted by atomic mass is 19.4. The summed E-state index contributed by atoms with van der Waals surface area (Å²) >= 11 is 0. The summed E-state index contributed by atoms with van der Waals surface area (Å²) < 4.78 is 50.2. The van der Waals surface area contributed by atoms with Crippen LogP contribution in [0.3, 0.4) is 0 Å². The molecule has 0 radical (unpaired) electrons. The third-order valence-corrected chi connectivity index (χ3v) is 5.77. The number of hydrogen-bond donors (Lipinski definition) is 2. The van der Waals surface area contributed by atoms with E-state index in [2.05, 4.69) is 10.6 Å². The Kier molecular flexibility index (Phi) is 8.50. The van der Waals surface area contributed by atoms with Gasteiger partial charge in [0, 0.05) is 23.7 Å². The molecular weight excluding hydrogens is 509 g/mol. The normalized spacial score (nSPS) is 11.6. The van der Waals surface area contributed by atoms with Gasteiger partial charge in [0.25, 0.3) is 11.8 Å². The number of ether oxygens (including phenoxy) is 1. The Morgan fingerprint density at radius 3 is 2.36 bits per heavy atom. The van der Waals surface area contributed by atoms with Crippen molar-refractivity contribution in [3.8, 4) is 17.1 Å². The van der Waals surface area contributed by atoms with E-state index >= 15 is 0 Å². The zero-order valence-electron chi connectivity index (χ0n) is 20.9. The molecule has 0 saturated heterocycles. The van der Waals surface area contributed by atoms with Crippen molar-refractivity contribution in [1.29, 1.82) is 0 Å². The highest BCUT2D eigenvalue weighted by Gasteiger charge is 2.30. The molecule has 0 fully saturated rings. The Bertz CT molecular complexity index is 1460. The van der Waals surface area contributed by atoms with Crippen LogP contribution in [-0.4, -0.2) is 25.5 Å². The fourth-order valence-corrected chi connectivity index (χ4v) is 3.73. The predicted octanol–water partition coefficient (Wildman–Crippen LogP) is 6.10. The monoisotopic (exact) mass is 534 g/mol. The van der Waals surface area contributed by atoms with Crippen molar-refractivity contribution in [2.45, 2.75) is 12.6 Å². The highest BCUT2D eigenvalue weighted by Crippen LogP contribution is 2.32. The minimum Gasteiger partial charge on any atom is -0.497 e. The van der Waals surface area contributed by atoms with E-state index in [0.717, 1.165) is 17.7 Å². The number of hydrogen-bond acceptors (Lipinski definition) is 4. The van der Waals surface area contributed by atoms with Gasteiger partial charge in [-0.1, -0.05) is 42.5 Å². The van der Waals surface area contributed by atoms with Gasteiger partial charge in [0.1, 0.15) is 23.0 Å². The van der Waals surface area contributed by atoms with Crippen LogP contribution in [0.1, 0.15) is 27.2 Å². The molecule has 1 heterocycles. The molecule has 4 aromatic rings. The highest BCUT2D eigenvalue weighted by molar-refractivity contribution is 6.05. The minimum absolute atomic E-state index is 0.0891. The summed E-state index contributed by atoms with van der Waals surface area (Å²) in [5, 5.41) is 5.39. The van der Waals surface area contributed by atoms with Gasteiger partial charge in [0.15, 0.2) is 0 Å². The van der Waals surface area contributed by atoms with Gasteiger partial charge in [0.05, 0.1) is 12.7 Å². The van der Waals surface area contributed by atoms with E-state index in [-0.39, 0.29) is 22.8 Å². The van der Waals surface area contributed by atoms with Crippen LogP contribution in [0.2, 0.25) is 0 Å². The zero-order chi connectivity index (χ0) is 27.8. The second-order valence-corrected chi connectivity index (χ2v) is 8.51. The van der Waals surface area contributed by atoms with Crippen LogP contribution in [-0.2, 0) is 17.4 Å². The lowest BCUT2D eigenvalue weighted by Gasteiger charge is -2.11. The van der Waals surface area contributed by atoms with Crippen molar-refractivity contribution >= 4 is 17.9 Å². The molecule has 0 spiro atoms. The summed E-state index contributed by atoms with van der Waals surface area (Å²) in [7, 11) is 1.51. The molecule has 4 rings (SSSR count). The molecule has 2 N–H and O–H groups in total.